The van der Waals surface area contributed by atoms with Gasteiger partial charge in [0, 0.05) is 17.4 Å². The number of carbonyl (C=O) groups excluding carboxylic acids is 2. The third-order valence-electron chi connectivity index (χ3n) is 4.14. The standard InChI is InChI=1S/C21H20FN3O3S/c1-28-18-5-3-2-4-14(18)8-11-19(26)24-25-20(27)12-17-13-29-21(23-17)15-6-9-16(22)10-7-15/h2-7,9-10,13H,8,11-12H2,1H3,(H,24,26)(H,25,27). The zero-order chi connectivity index (χ0) is 20.6. The summed E-state index contributed by atoms with van der Waals surface area (Å²) < 4.78 is 18.3. The summed E-state index contributed by atoms with van der Waals surface area (Å²) in [7, 11) is 1.58. The molecule has 2 amide bonds. The molecule has 1 heterocycles. The number of halogens is 1. The normalized spacial score (nSPS) is 10.4. The van der Waals surface area contributed by atoms with Gasteiger partial charge in [-0.25, -0.2) is 9.37 Å². The van der Waals surface area contributed by atoms with Gasteiger partial charge < -0.3 is 4.74 Å². The van der Waals surface area contributed by atoms with Gasteiger partial charge in [-0.3, -0.25) is 20.4 Å². The molecule has 29 heavy (non-hydrogen) atoms. The molecule has 8 heteroatoms. The molecule has 150 valence electrons. The van der Waals surface area contributed by atoms with Gasteiger partial charge in [0.15, 0.2) is 0 Å². The van der Waals surface area contributed by atoms with Gasteiger partial charge in [0.05, 0.1) is 19.2 Å². The Labute approximate surface area is 171 Å². The van der Waals surface area contributed by atoms with Crippen LogP contribution in [0.4, 0.5) is 4.39 Å². The average molecular weight is 413 g/mol. The molecule has 1 aromatic heterocycles. The van der Waals surface area contributed by atoms with Crippen LogP contribution in [0.15, 0.2) is 53.9 Å². The first kappa shape index (κ1) is 20.5. The fourth-order valence-electron chi connectivity index (χ4n) is 2.68. The van der Waals surface area contributed by atoms with E-state index in [0.717, 1.165) is 16.9 Å². The van der Waals surface area contributed by atoms with Gasteiger partial charge in [-0.15, -0.1) is 11.3 Å². The van der Waals surface area contributed by atoms with Crippen molar-refractivity contribution in [3.8, 4) is 16.3 Å². The van der Waals surface area contributed by atoms with E-state index in [1.165, 1.54) is 23.5 Å². The predicted molar refractivity (Wildman–Crippen MR) is 109 cm³/mol. The number of amides is 2. The Morgan fingerprint density at radius 1 is 1.07 bits per heavy atom. The highest BCUT2D eigenvalue weighted by Crippen LogP contribution is 2.24. The van der Waals surface area contributed by atoms with Gasteiger partial charge in [0.2, 0.25) is 11.8 Å². The Bertz CT molecular complexity index is 989. The summed E-state index contributed by atoms with van der Waals surface area (Å²) in [5.74, 6) is -0.252. The van der Waals surface area contributed by atoms with Crippen LogP contribution in [0, 0.1) is 5.82 Å². The third-order valence-corrected chi connectivity index (χ3v) is 5.08. The zero-order valence-electron chi connectivity index (χ0n) is 15.8. The van der Waals surface area contributed by atoms with E-state index < -0.39 is 0 Å². The van der Waals surface area contributed by atoms with Crippen LogP contribution in [-0.4, -0.2) is 23.9 Å². The molecule has 3 rings (SSSR count). The van der Waals surface area contributed by atoms with Gasteiger partial charge in [-0.2, -0.15) is 0 Å². The maximum absolute atomic E-state index is 13.0. The highest BCUT2D eigenvalue weighted by molar-refractivity contribution is 7.13. The summed E-state index contributed by atoms with van der Waals surface area (Å²) in [5.41, 5.74) is 7.09. The molecule has 0 aliphatic heterocycles. The largest absolute Gasteiger partial charge is 0.496 e. The summed E-state index contributed by atoms with van der Waals surface area (Å²) >= 11 is 1.37. The maximum Gasteiger partial charge on any atom is 0.244 e. The average Bonchev–Trinajstić information content (AvgIpc) is 3.19. The second kappa shape index (κ2) is 9.79. The van der Waals surface area contributed by atoms with Crippen LogP contribution in [0.2, 0.25) is 0 Å². The molecule has 0 unspecified atom stereocenters. The number of thiazole rings is 1. The SMILES string of the molecule is COc1ccccc1CCC(=O)NNC(=O)Cc1csc(-c2ccc(F)cc2)n1. The summed E-state index contributed by atoms with van der Waals surface area (Å²) in [6.07, 6.45) is 0.745. The molecular weight excluding hydrogens is 393 g/mol. The van der Waals surface area contributed by atoms with Crippen molar-refractivity contribution in [2.75, 3.05) is 7.11 Å². The van der Waals surface area contributed by atoms with E-state index in [-0.39, 0.29) is 30.5 Å². The predicted octanol–water partition coefficient (Wildman–Crippen LogP) is 3.28. The number of aromatic nitrogens is 1. The number of rotatable bonds is 7. The first-order valence-electron chi connectivity index (χ1n) is 8.95. The van der Waals surface area contributed by atoms with E-state index in [1.807, 2.05) is 24.3 Å². The number of methoxy groups -OCH3 is 1. The molecule has 0 aliphatic carbocycles. The first-order chi connectivity index (χ1) is 14.0. The fourth-order valence-corrected chi connectivity index (χ4v) is 3.51. The molecule has 0 spiro atoms. The maximum atomic E-state index is 13.0. The number of hydrogen-bond acceptors (Lipinski definition) is 5. The lowest BCUT2D eigenvalue weighted by Crippen LogP contribution is -2.42. The van der Waals surface area contributed by atoms with E-state index in [1.54, 1.807) is 24.6 Å². The number of hydrazine groups is 1. The number of hydrogen-bond donors (Lipinski definition) is 2. The zero-order valence-corrected chi connectivity index (χ0v) is 16.6. The Hall–Kier alpha value is -3.26. The van der Waals surface area contributed by atoms with Crippen molar-refractivity contribution in [2.45, 2.75) is 19.3 Å². The van der Waals surface area contributed by atoms with Gasteiger partial charge >= 0.3 is 0 Å². The number of carbonyl (C=O) groups is 2. The van der Waals surface area contributed by atoms with Crippen molar-refractivity contribution in [1.29, 1.82) is 0 Å². The van der Waals surface area contributed by atoms with E-state index in [4.69, 9.17) is 4.74 Å². The van der Waals surface area contributed by atoms with E-state index in [0.29, 0.717) is 17.1 Å². The van der Waals surface area contributed by atoms with Crippen molar-refractivity contribution >= 4 is 23.2 Å². The Kier molecular flexibility index (Phi) is 6.91. The number of benzene rings is 2. The molecule has 2 aromatic carbocycles. The Morgan fingerprint density at radius 2 is 1.79 bits per heavy atom. The number of ether oxygens (including phenoxy) is 1. The van der Waals surface area contributed by atoms with Crippen molar-refractivity contribution in [2.24, 2.45) is 0 Å². The fraction of sp³-hybridized carbons (Fsp3) is 0.190. The minimum atomic E-state index is -0.369. The second-order valence-electron chi connectivity index (χ2n) is 6.24. The molecule has 0 atom stereocenters. The van der Waals surface area contributed by atoms with E-state index >= 15 is 0 Å². The molecule has 0 radical (unpaired) electrons. The van der Waals surface area contributed by atoms with Crippen LogP contribution in [0.5, 0.6) is 5.75 Å². The van der Waals surface area contributed by atoms with Gasteiger partial charge in [0.25, 0.3) is 0 Å². The van der Waals surface area contributed by atoms with Crippen LogP contribution < -0.4 is 15.6 Å². The molecule has 0 saturated heterocycles. The minimum Gasteiger partial charge on any atom is -0.496 e. The van der Waals surface area contributed by atoms with Crippen LogP contribution in [-0.2, 0) is 22.4 Å². The van der Waals surface area contributed by atoms with E-state index in [2.05, 4.69) is 15.8 Å². The third kappa shape index (κ3) is 5.86. The van der Waals surface area contributed by atoms with Gasteiger partial charge in [-0.1, -0.05) is 18.2 Å². The summed E-state index contributed by atoms with van der Waals surface area (Å²) in [5, 5.41) is 2.47. The molecule has 0 fully saturated rings. The highest BCUT2D eigenvalue weighted by Gasteiger charge is 2.11. The summed E-state index contributed by atoms with van der Waals surface area (Å²) in [6, 6.07) is 13.5. The Morgan fingerprint density at radius 3 is 2.55 bits per heavy atom. The van der Waals surface area contributed by atoms with Gasteiger partial charge in [-0.05, 0) is 42.3 Å². The number of nitrogens with zero attached hydrogens (tertiary/aromatic N) is 1. The molecule has 3 aromatic rings. The lowest BCUT2D eigenvalue weighted by molar-refractivity contribution is -0.128. The summed E-state index contributed by atoms with van der Waals surface area (Å²) in [6.45, 7) is 0. The molecule has 2 N–H and O–H groups in total. The minimum absolute atomic E-state index is 0.0322. The van der Waals surface area contributed by atoms with Crippen molar-refractivity contribution in [3.05, 3.63) is 71.0 Å². The van der Waals surface area contributed by atoms with Gasteiger partial charge in [0.1, 0.15) is 16.6 Å². The smallest absolute Gasteiger partial charge is 0.244 e. The molecule has 6 nitrogen and oxygen atoms in total. The molecule has 0 saturated carbocycles. The van der Waals surface area contributed by atoms with Crippen molar-refractivity contribution in [1.82, 2.24) is 15.8 Å². The summed E-state index contributed by atoms with van der Waals surface area (Å²) in [4.78, 5) is 28.4. The molecule has 0 bridgehead atoms. The highest BCUT2D eigenvalue weighted by atomic mass is 32.1. The first-order valence-corrected chi connectivity index (χ1v) is 9.83. The lowest BCUT2D eigenvalue weighted by atomic mass is 10.1. The lowest BCUT2D eigenvalue weighted by Gasteiger charge is -2.09. The van der Waals surface area contributed by atoms with Crippen LogP contribution in [0.3, 0.4) is 0 Å². The molecule has 0 aliphatic rings. The second-order valence-corrected chi connectivity index (χ2v) is 7.09. The van der Waals surface area contributed by atoms with Crippen LogP contribution >= 0.6 is 11.3 Å². The van der Waals surface area contributed by atoms with Crippen molar-refractivity contribution < 1.29 is 18.7 Å². The quantitative estimate of drug-likeness (QED) is 0.583. The topological polar surface area (TPSA) is 80.3 Å². The molecular formula is C21H20FN3O3S. The Balaban J connectivity index is 1.45. The van der Waals surface area contributed by atoms with Crippen molar-refractivity contribution in [3.63, 3.8) is 0 Å². The monoisotopic (exact) mass is 413 g/mol. The number of para-hydroxylation sites is 1. The number of nitrogens with one attached hydrogen (secondary N) is 2. The van der Waals surface area contributed by atoms with Crippen LogP contribution in [0.1, 0.15) is 17.7 Å². The number of aryl methyl sites for hydroxylation is 1. The van der Waals surface area contributed by atoms with Crippen LogP contribution in [0.25, 0.3) is 10.6 Å². The van der Waals surface area contributed by atoms with E-state index in [9.17, 15) is 14.0 Å².